The number of carboxylic acids is 1. The Bertz CT molecular complexity index is 532. The highest BCUT2D eigenvalue weighted by Gasteiger charge is 2.13. The Morgan fingerprint density at radius 1 is 1.00 bits per heavy atom. The van der Waals surface area contributed by atoms with Gasteiger partial charge in [-0.1, -0.05) is 36.4 Å². The Morgan fingerprint density at radius 2 is 1.71 bits per heavy atom. The molecule has 0 bridgehead atoms. The van der Waals surface area contributed by atoms with Crippen molar-refractivity contribution >= 4 is 5.97 Å². The second-order valence-electron chi connectivity index (χ2n) is 3.77. The molecule has 0 radical (unpaired) electrons. The van der Waals surface area contributed by atoms with Gasteiger partial charge in [-0.3, -0.25) is 0 Å². The molecule has 0 aromatic heterocycles. The van der Waals surface area contributed by atoms with Gasteiger partial charge in [0.15, 0.2) is 0 Å². The van der Waals surface area contributed by atoms with E-state index in [-0.39, 0.29) is 11.3 Å². The summed E-state index contributed by atoms with van der Waals surface area (Å²) in [6.45, 7) is 0. The lowest BCUT2D eigenvalue weighted by Crippen LogP contribution is -2.03. The number of phenolic OH excluding ortho intramolecular Hbond substituents is 1. The van der Waals surface area contributed by atoms with E-state index in [4.69, 9.17) is 5.11 Å². The van der Waals surface area contributed by atoms with Crippen LogP contribution < -0.4 is 0 Å². The van der Waals surface area contributed by atoms with Crippen LogP contribution in [0, 0.1) is 0 Å². The summed E-state index contributed by atoms with van der Waals surface area (Å²) in [5.74, 6) is -0.999. The Labute approximate surface area is 99.0 Å². The summed E-state index contributed by atoms with van der Waals surface area (Å²) >= 11 is 0. The van der Waals surface area contributed by atoms with Crippen molar-refractivity contribution in [1.82, 2.24) is 0 Å². The van der Waals surface area contributed by atoms with Crippen molar-refractivity contribution in [2.24, 2.45) is 0 Å². The average molecular weight is 228 g/mol. The van der Waals surface area contributed by atoms with Crippen LogP contribution in [-0.4, -0.2) is 16.2 Å². The van der Waals surface area contributed by atoms with E-state index in [1.807, 2.05) is 30.3 Å². The molecule has 2 N–H and O–H groups in total. The molecule has 0 amide bonds. The number of benzene rings is 2. The summed E-state index contributed by atoms with van der Waals surface area (Å²) in [4.78, 5) is 11.1. The maximum atomic E-state index is 11.1. The molecule has 0 aliphatic heterocycles. The molecule has 17 heavy (non-hydrogen) atoms. The lowest BCUT2D eigenvalue weighted by atomic mass is 9.99. The van der Waals surface area contributed by atoms with Gasteiger partial charge < -0.3 is 10.2 Å². The maximum absolute atomic E-state index is 11.1. The van der Waals surface area contributed by atoms with Crippen molar-refractivity contribution in [3.05, 3.63) is 65.2 Å². The quantitative estimate of drug-likeness (QED) is 0.849. The molecule has 3 heteroatoms. The highest BCUT2D eigenvalue weighted by atomic mass is 16.4. The first kappa shape index (κ1) is 11.2. The van der Waals surface area contributed by atoms with Crippen LogP contribution in [0.15, 0.2) is 48.5 Å². The molecule has 0 atom stereocenters. The van der Waals surface area contributed by atoms with Gasteiger partial charge in [-0.15, -0.1) is 0 Å². The molecule has 0 aliphatic rings. The minimum absolute atomic E-state index is 0.0220. The molecule has 86 valence electrons. The third kappa shape index (κ3) is 2.45. The summed E-state index contributed by atoms with van der Waals surface area (Å²) in [5.41, 5.74) is 1.57. The number of carbonyl (C=O) groups is 1. The highest BCUT2D eigenvalue weighted by Crippen LogP contribution is 2.24. The Hall–Kier alpha value is -2.29. The zero-order valence-corrected chi connectivity index (χ0v) is 9.13. The van der Waals surface area contributed by atoms with Crippen LogP contribution >= 0.6 is 0 Å². The Morgan fingerprint density at radius 3 is 2.35 bits per heavy atom. The highest BCUT2D eigenvalue weighted by molar-refractivity contribution is 5.90. The zero-order chi connectivity index (χ0) is 12.3. The van der Waals surface area contributed by atoms with E-state index in [9.17, 15) is 9.90 Å². The number of rotatable bonds is 3. The van der Waals surface area contributed by atoms with E-state index in [0.717, 1.165) is 5.56 Å². The maximum Gasteiger partial charge on any atom is 0.336 e. The van der Waals surface area contributed by atoms with Gasteiger partial charge in [-0.05, 0) is 17.7 Å². The fourth-order valence-corrected chi connectivity index (χ4v) is 1.76. The number of carboxylic acid groups (broad SMARTS) is 1. The van der Waals surface area contributed by atoms with E-state index in [2.05, 4.69) is 0 Å². The Balaban J connectivity index is 2.41. The molecular weight excluding hydrogens is 216 g/mol. The molecular formula is C14H12O3. The van der Waals surface area contributed by atoms with Crippen LogP contribution in [0.2, 0.25) is 0 Å². The SMILES string of the molecule is O=C(O)c1cccc(O)c1Cc1ccccc1. The smallest absolute Gasteiger partial charge is 0.336 e. The van der Waals surface area contributed by atoms with Crippen molar-refractivity contribution in [2.75, 3.05) is 0 Å². The number of hydrogen-bond acceptors (Lipinski definition) is 2. The fraction of sp³-hybridized carbons (Fsp3) is 0.0714. The predicted octanol–water partition coefficient (Wildman–Crippen LogP) is 2.68. The van der Waals surface area contributed by atoms with E-state index < -0.39 is 5.97 Å². The first-order chi connectivity index (χ1) is 8.18. The van der Waals surface area contributed by atoms with Gasteiger partial charge in [0, 0.05) is 12.0 Å². The van der Waals surface area contributed by atoms with E-state index in [1.165, 1.54) is 18.2 Å². The third-order valence-electron chi connectivity index (χ3n) is 2.61. The number of aromatic carboxylic acids is 1. The molecule has 0 heterocycles. The summed E-state index contributed by atoms with van der Waals surface area (Å²) in [7, 11) is 0. The number of hydrogen-bond donors (Lipinski definition) is 2. The van der Waals surface area contributed by atoms with Crippen molar-refractivity contribution < 1.29 is 15.0 Å². The first-order valence-corrected chi connectivity index (χ1v) is 5.26. The average Bonchev–Trinajstić information content (AvgIpc) is 2.33. The van der Waals surface area contributed by atoms with Crippen LogP contribution in [0.4, 0.5) is 0 Å². The molecule has 0 unspecified atom stereocenters. The van der Waals surface area contributed by atoms with Crippen LogP contribution in [0.25, 0.3) is 0 Å². The molecule has 2 aromatic rings. The molecule has 0 spiro atoms. The third-order valence-corrected chi connectivity index (χ3v) is 2.61. The van der Waals surface area contributed by atoms with Gasteiger partial charge in [0.05, 0.1) is 5.56 Å². The first-order valence-electron chi connectivity index (χ1n) is 5.26. The van der Waals surface area contributed by atoms with Gasteiger partial charge in [-0.25, -0.2) is 4.79 Å². The van der Waals surface area contributed by atoms with Crippen molar-refractivity contribution in [2.45, 2.75) is 6.42 Å². The van der Waals surface area contributed by atoms with Crippen molar-refractivity contribution in [1.29, 1.82) is 0 Å². The molecule has 2 aromatic carbocycles. The van der Waals surface area contributed by atoms with Crippen LogP contribution in [-0.2, 0) is 6.42 Å². The number of aromatic hydroxyl groups is 1. The second kappa shape index (κ2) is 4.70. The molecule has 0 saturated carbocycles. The summed E-state index contributed by atoms with van der Waals surface area (Å²) in [5, 5.41) is 18.8. The van der Waals surface area contributed by atoms with Gasteiger partial charge in [0.1, 0.15) is 5.75 Å². The van der Waals surface area contributed by atoms with Crippen molar-refractivity contribution in [3.63, 3.8) is 0 Å². The van der Waals surface area contributed by atoms with Crippen molar-refractivity contribution in [3.8, 4) is 5.75 Å². The normalized spacial score (nSPS) is 10.1. The van der Waals surface area contributed by atoms with Crippen LogP contribution in [0.3, 0.4) is 0 Å². The molecule has 0 fully saturated rings. The van der Waals surface area contributed by atoms with Crippen LogP contribution in [0.5, 0.6) is 5.75 Å². The Kier molecular flexibility index (Phi) is 3.10. The lowest BCUT2D eigenvalue weighted by molar-refractivity contribution is 0.0695. The topological polar surface area (TPSA) is 57.5 Å². The molecule has 0 saturated heterocycles. The zero-order valence-electron chi connectivity index (χ0n) is 9.13. The second-order valence-corrected chi connectivity index (χ2v) is 3.77. The largest absolute Gasteiger partial charge is 0.508 e. The summed E-state index contributed by atoms with van der Waals surface area (Å²) in [6, 6.07) is 14.0. The molecule has 2 rings (SSSR count). The van der Waals surface area contributed by atoms with Gasteiger partial charge in [-0.2, -0.15) is 0 Å². The number of phenols is 1. The molecule has 0 aliphatic carbocycles. The van der Waals surface area contributed by atoms with E-state index in [0.29, 0.717) is 12.0 Å². The predicted molar refractivity (Wildman–Crippen MR) is 64.3 cm³/mol. The standard InChI is InChI=1S/C14H12O3/c15-13-8-4-7-11(14(16)17)12(13)9-10-5-2-1-3-6-10/h1-8,15H,9H2,(H,16,17). The van der Waals surface area contributed by atoms with E-state index in [1.54, 1.807) is 0 Å². The fourth-order valence-electron chi connectivity index (χ4n) is 1.76. The summed E-state index contributed by atoms with van der Waals surface area (Å²) < 4.78 is 0. The monoisotopic (exact) mass is 228 g/mol. The van der Waals surface area contributed by atoms with Crippen LogP contribution in [0.1, 0.15) is 21.5 Å². The van der Waals surface area contributed by atoms with Gasteiger partial charge in [0.2, 0.25) is 0 Å². The van der Waals surface area contributed by atoms with Gasteiger partial charge >= 0.3 is 5.97 Å². The lowest BCUT2D eigenvalue weighted by Gasteiger charge is -2.08. The molecule has 3 nitrogen and oxygen atoms in total. The minimum atomic E-state index is -1.02. The van der Waals surface area contributed by atoms with Gasteiger partial charge in [0.25, 0.3) is 0 Å². The minimum Gasteiger partial charge on any atom is -0.508 e. The summed E-state index contributed by atoms with van der Waals surface area (Å²) in [6.07, 6.45) is 0.412. The van der Waals surface area contributed by atoms with E-state index >= 15 is 0 Å².